The third-order valence-corrected chi connectivity index (χ3v) is 3.47. The quantitative estimate of drug-likeness (QED) is 0.519. The van der Waals surface area contributed by atoms with Gasteiger partial charge in [0.15, 0.2) is 5.78 Å². The first-order valence-corrected chi connectivity index (χ1v) is 6.96. The molecular formula is C14H24O4. The summed E-state index contributed by atoms with van der Waals surface area (Å²) in [4.78, 5) is 22.7. The Balaban J connectivity index is 2.26. The van der Waals surface area contributed by atoms with Gasteiger partial charge in [0, 0.05) is 0 Å². The molecule has 2 unspecified atom stereocenters. The number of ketones is 1. The lowest BCUT2D eigenvalue weighted by Gasteiger charge is -2.30. The molecule has 1 aliphatic carbocycles. The van der Waals surface area contributed by atoms with Crippen LogP contribution >= 0.6 is 0 Å². The molecule has 4 heteroatoms. The summed E-state index contributed by atoms with van der Waals surface area (Å²) in [5.41, 5.74) is 0. The number of Topliss-reactive ketones (excluding diaryl/α,β-unsaturated/α-hetero) is 1. The van der Waals surface area contributed by atoms with E-state index in [2.05, 4.69) is 6.92 Å². The summed E-state index contributed by atoms with van der Waals surface area (Å²) in [6.07, 6.45) is 5.77. The number of esters is 1. The molecule has 0 aromatic carbocycles. The Hall–Kier alpha value is -0.900. The zero-order valence-electron chi connectivity index (χ0n) is 11.4. The molecule has 0 heterocycles. The van der Waals surface area contributed by atoms with Crippen LogP contribution in [0.4, 0.5) is 0 Å². The first-order valence-electron chi connectivity index (χ1n) is 6.96. The Kier molecular flexibility index (Phi) is 6.94. The van der Waals surface area contributed by atoms with Crippen LogP contribution in [-0.2, 0) is 19.1 Å². The van der Waals surface area contributed by atoms with Gasteiger partial charge in [-0.15, -0.1) is 0 Å². The number of rotatable bonds is 7. The molecule has 0 amide bonds. The Labute approximate surface area is 109 Å². The Morgan fingerprint density at radius 1 is 1.17 bits per heavy atom. The molecule has 1 saturated carbocycles. The molecule has 0 spiro atoms. The maximum atomic E-state index is 11.5. The fraction of sp³-hybridized carbons (Fsp3) is 0.857. The van der Waals surface area contributed by atoms with Crippen LogP contribution in [0.2, 0.25) is 0 Å². The first kappa shape index (κ1) is 15.2. The average Bonchev–Trinajstić information content (AvgIpc) is 2.37. The summed E-state index contributed by atoms with van der Waals surface area (Å²) < 4.78 is 10.4. The minimum atomic E-state index is -0.457. The molecule has 0 aliphatic heterocycles. The van der Waals surface area contributed by atoms with Gasteiger partial charge in [-0.3, -0.25) is 9.59 Å². The van der Waals surface area contributed by atoms with Crippen molar-refractivity contribution in [1.29, 1.82) is 0 Å². The van der Waals surface area contributed by atoms with Gasteiger partial charge in [0.2, 0.25) is 0 Å². The van der Waals surface area contributed by atoms with Gasteiger partial charge in [-0.2, -0.15) is 0 Å². The third kappa shape index (κ3) is 5.17. The van der Waals surface area contributed by atoms with Crippen molar-refractivity contribution in [2.75, 3.05) is 13.2 Å². The van der Waals surface area contributed by atoms with E-state index in [1.54, 1.807) is 6.92 Å². The Bertz CT molecular complexity index is 275. The highest BCUT2D eigenvalue weighted by Crippen LogP contribution is 2.29. The summed E-state index contributed by atoms with van der Waals surface area (Å²) >= 11 is 0. The predicted octanol–water partition coefficient (Wildman–Crippen LogP) is 2.49. The van der Waals surface area contributed by atoms with Crippen molar-refractivity contribution in [2.45, 2.75) is 58.5 Å². The molecule has 0 N–H and O–H groups in total. The summed E-state index contributed by atoms with van der Waals surface area (Å²) in [5, 5.41) is 0. The van der Waals surface area contributed by atoms with Crippen LogP contribution < -0.4 is 0 Å². The molecule has 0 radical (unpaired) electrons. The zero-order chi connectivity index (χ0) is 13.4. The van der Waals surface area contributed by atoms with Crippen molar-refractivity contribution in [3.8, 4) is 0 Å². The number of ether oxygens (including phenoxy) is 2. The van der Waals surface area contributed by atoms with Crippen molar-refractivity contribution in [3.63, 3.8) is 0 Å². The number of hydrogen-bond acceptors (Lipinski definition) is 4. The lowest BCUT2D eigenvalue weighted by Crippen LogP contribution is -2.29. The van der Waals surface area contributed by atoms with Gasteiger partial charge in [-0.05, 0) is 25.7 Å². The van der Waals surface area contributed by atoms with Crippen LogP contribution in [0, 0.1) is 5.92 Å². The summed E-state index contributed by atoms with van der Waals surface area (Å²) in [7, 11) is 0. The van der Waals surface area contributed by atoms with E-state index in [-0.39, 0.29) is 24.9 Å². The highest BCUT2D eigenvalue weighted by molar-refractivity contribution is 5.96. The molecule has 0 aromatic heterocycles. The van der Waals surface area contributed by atoms with Crippen LogP contribution in [0.3, 0.4) is 0 Å². The Morgan fingerprint density at radius 2 is 1.89 bits per heavy atom. The van der Waals surface area contributed by atoms with Crippen molar-refractivity contribution in [3.05, 3.63) is 0 Å². The number of hydrogen-bond donors (Lipinski definition) is 0. The van der Waals surface area contributed by atoms with Crippen LogP contribution in [0.1, 0.15) is 52.4 Å². The van der Waals surface area contributed by atoms with E-state index in [1.165, 1.54) is 19.3 Å². The minimum absolute atomic E-state index is 0.0416. The maximum absolute atomic E-state index is 11.5. The van der Waals surface area contributed by atoms with Gasteiger partial charge in [0.25, 0.3) is 0 Å². The van der Waals surface area contributed by atoms with E-state index >= 15 is 0 Å². The van der Waals surface area contributed by atoms with E-state index in [0.717, 1.165) is 12.8 Å². The molecular weight excluding hydrogens is 232 g/mol. The van der Waals surface area contributed by atoms with E-state index in [4.69, 9.17) is 9.47 Å². The molecule has 0 bridgehead atoms. The highest BCUT2D eigenvalue weighted by Gasteiger charge is 2.25. The van der Waals surface area contributed by atoms with Gasteiger partial charge >= 0.3 is 5.97 Å². The van der Waals surface area contributed by atoms with Gasteiger partial charge in [0.05, 0.1) is 12.7 Å². The molecule has 18 heavy (non-hydrogen) atoms. The topological polar surface area (TPSA) is 52.6 Å². The van der Waals surface area contributed by atoms with Crippen LogP contribution in [0.25, 0.3) is 0 Å². The van der Waals surface area contributed by atoms with Gasteiger partial charge in [-0.1, -0.05) is 26.2 Å². The van der Waals surface area contributed by atoms with Crippen LogP contribution in [0.15, 0.2) is 0 Å². The van der Waals surface area contributed by atoms with Crippen molar-refractivity contribution < 1.29 is 19.1 Å². The molecule has 104 valence electrons. The summed E-state index contributed by atoms with van der Waals surface area (Å²) in [6, 6.07) is 0. The molecule has 1 aliphatic rings. The van der Waals surface area contributed by atoms with Crippen LogP contribution in [0.5, 0.6) is 0 Å². The molecule has 2 atom stereocenters. The maximum Gasteiger partial charge on any atom is 0.313 e. The van der Waals surface area contributed by atoms with Gasteiger partial charge in [0.1, 0.15) is 13.0 Å². The molecule has 0 aromatic rings. The zero-order valence-corrected chi connectivity index (χ0v) is 11.4. The molecule has 1 rings (SSSR count). The molecule has 4 nitrogen and oxygen atoms in total. The second kappa shape index (κ2) is 8.25. The van der Waals surface area contributed by atoms with E-state index in [1.807, 2.05) is 0 Å². The summed E-state index contributed by atoms with van der Waals surface area (Å²) in [6.45, 7) is 4.24. The fourth-order valence-corrected chi connectivity index (χ4v) is 2.48. The van der Waals surface area contributed by atoms with E-state index in [9.17, 15) is 9.59 Å². The standard InChI is InChI=1S/C14H24O4/c1-3-11-7-5-6-8-13(11)18-10-12(15)9-14(16)17-4-2/h11,13H,3-10H2,1-2H3. The predicted molar refractivity (Wildman–Crippen MR) is 68.2 cm³/mol. The lowest BCUT2D eigenvalue weighted by molar-refractivity contribution is -0.147. The monoisotopic (exact) mass is 256 g/mol. The van der Waals surface area contributed by atoms with Crippen molar-refractivity contribution in [1.82, 2.24) is 0 Å². The number of carbonyl (C=O) groups is 2. The average molecular weight is 256 g/mol. The molecule has 1 fully saturated rings. The number of carbonyl (C=O) groups excluding carboxylic acids is 2. The third-order valence-electron chi connectivity index (χ3n) is 3.47. The smallest absolute Gasteiger partial charge is 0.313 e. The first-order chi connectivity index (χ1) is 8.67. The minimum Gasteiger partial charge on any atom is -0.466 e. The van der Waals surface area contributed by atoms with Crippen molar-refractivity contribution in [2.24, 2.45) is 5.92 Å². The Morgan fingerprint density at radius 3 is 2.56 bits per heavy atom. The van der Waals surface area contributed by atoms with Crippen molar-refractivity contribution >= 4 is 11.8 Å². The normalized spacial score (nSPS) is 23.7. The van der Waals surface area contributed by atoms with Crippen LogP contribution in [-0.4, -0.2) is 31.1 Å². The fourth-order valence-electron chi connectivity index (χ4n) is 2.48. The largest absolute Gasteiger partial charge is 0.466 e. The van der Waals surface area contributed by atoms with E-state index in [0.29, 0.717) is 12.5 Å². The van der Waals surface area contributed by atoms with E-state index < -0.39 is 5.97 Å². The second-order valence-corrected chi connectivity index (χ2v) is 4.82. The second-order valence-electron chi connectivity index (χ2n) is 4.82. The van der Waals surface area contributed by atoms with Gasteiger partial charge < -0.3 is 9.47 Å². The van der Waals surface area contributed by atoms with Gasteiger partial charge in [-0.25, -0.2) is 0 Å². The highest BCUT2D eigenvalue weighted by atomic mass is 16.5. The summed E-state index contributed by atoms with van der Waals surface area (Å²) in [5.74, 6) is -0.0789. The lowest BCUT2D eigenvalue weighted by atomic mass is 9.85. The molecule has 0 saturated heterocycles. The SMILES string of the molecule is CCOC(=O)CC(=O)COC1CCCCC1CC.